The van der Waals surface area contributed by atoms with Gasteiger partial charge in [0.15, 0.2) is 11.3 Å². The minimum absolute atomic E-state index is 0.129. The lowest BCUT2D eigenvalue weighted by atomic mass is 10.2. The molecular weight excluding hydrogens is 422 g/mol. The van der Waals surface area contributed by atoms with E-state index in [2.05, 4.69) is 19.9 Å². The van der Waals surface area contributed by atoms with Crippen LogP contribution in [0, 0.1) is 0 Å². The molecule has 1 amide bonds. The van der Waals surface area contributed by atoms with Gasteiger partial charge in [-0.25, -0.2) is 19.9 Å². The highest BCUT2D eigenvalue weighted by molar-refractivity contribution is 5.94. The Morgan fingerprint density at radius 3 is 2.30 bits per heavy atom. The normalized spacial score (nSPS) is 13.8. The number of amides is 1. The molecule has 166 valence electrons. The van der Waals surface area contributed by atoms with Crippen molar-refractivity contribution >= 4 is 23.0 Å². The van der Waals surface area contributed by atoms with Crippen molar-refractivity contribution in [3.63, 3.8) is 0 Å². The molecule has 0 radical (unpaired) electrons. The van der Waals surface area contributed by atoms with Crippen molar-refractivity contribution in [2.45, 2.75) is 0 Å². The van der Waals surface area contributed by atoms with E-state index in [0.29, 0.717) is 54.7 Å². The minimum atomic E-state index is -0.509. The van der Waals surface area contributed by atoms with Gasteiger partial charge < -0.3 is 14.5 Å². The Kier molecular flexibility index (Phi) is 5.39. The van der Waals surface area contributed by atoms with E-state index in [4.69, 9.17) is 4.74 Å². The molecule has 4 aromatic rings. The molecule has 10 nitrogen and oxygen atoms in total. The first kappa shape index (κ1) is 20.6. The monoisotopic (exact) mass is 443 g/mol. The number of fused-ring (bicyclic) bond motifs is 1. The smallest absolute Gasteiger partial charge is 0.288 e. The predicted octanol–water partition coefficient (Wildman–Crippen LogP) is 1.54. The zero-order valence-corrected chi connectivity index (χ0v) is 18.0. The molecule has 0 saturated carbocycles. The van der Waals surface area contributed by atoms with Crippen LogP contribution in [0.3, 0.4) is 0 Å². The zero-order valence-electron chi connectivity index (χ0n) is 18.0. The summed E-state index contributed by atoms with van der Waals surface area (Å²) in [5, 5.41) is 0. The van der Waals surface area contributed by atoms with Crippen molar-refractivity contribution in [3.05, 3.63) is 77.1 Å². The summed E-state index contributed by atoms with van der Waals surface area (Å²) in [6.07, 6.45) is 4.97. The second-order valence-corrected chi connectivity index (χ2v) is 7.47. The number of methoxy groups -OCH3 is 1. The molecule has 1 aliphatic rings. The predicted molar refractivity (Wildman–Crippen MR) is 122 cm³/mol. The number of hydrogen-bond donors (Lipinski definition) is 0. The summed E-state index contributed by atoms with van der Waals surface area (Å²) >= 11 is 0. The Labute approximate surface area is 189 Å². The second-order valence-electron chi connectivity index (χ2n) is 7.47. The number of hydrogen-bond acceptors (Lipinski definition) is 8. The highest BCUT2D eigenvalue weighted by Gasteiger charge is 2.27. The van der Waals surface area contributed by atoms with Gasteiger partial charge in [-0.3, -0.25) is 14.2 Å². The summed E-state index contributed by atoms with van der Waals surface area (Å²) in [5.74, 6) is 0.887. The average Bonchev–Trinajstić information content (AvgIpc) is 2.89. The lowest BCUT2D eigenvalue weighted by Gasteiger charge is -2.34. The van der Waals surface area contributed by atoms with Gasteiger partial charge in [-0.1, -0.05) is 0 Å². The average molecular weight is 443 g/mol. The van der Waals surface area contributed by atoms with Crippen LogP contribution in [-0.2, 0) is 0 Å². The van der Waals surface area contributed by atoms with Gasteiger partial charge in [0.05, 0.1) is 12.8 Å². The Balaban J connectivity index is 1.49. The van der Waals surface area contributed by atoms with Crippen LogP contribution in [0.4, 0.5) is 5.95 Å². The SMILES string of the molecule is COc1ccc(-n2c(=O)c(C(=O)N3CCN(c4ncccn4)CC3)nc3cccnc32)cc1. The molecule has 1 aliphatic heterocycles. The van der Waals surface area contributed by atoms with Gasteiger partial charge in [0.25, 0.3) is 11.5 Å². The van der Waals surface area contributed by atoms with Gasteiger partial charge in [0.1, 0.15) is 11.3 Å². The highest BCUT2D eigenvalue weighted by atomic mass is 16.5. The number of anilines is 1. The largest absolute Gasteiger partial charge is 0.497 e. The molecule has 4 heterocycles. The minimum Gasteiger partial charge on any atom is -0.497 e. The van der Waals surface area contributed by atoms with Gasteiger partial charge in [-0.05, 0) is 42.5 Å². The van der Waals surface area contributed by atoms with Crippen LogP contribution in [0.25, 0.3) is 16.9 Å². The second kappa shape index (κ2) is 8.65. The molecule has 1 saturated heterocycles. The van der Waals surface area contributed by atoms with Crippen LogP contribution in [-0.4, -0.2) is 68.6 Å². The Morgan fingerprint density at radius 1 is 0.909 bits per heavy atom. The molecule has 3 aromatic heterocycles. The number of aromatic nitrogens is 5. The summed E-state index contributed by atoms with van der Waals surface area (Å²) < 4.78 is 6.64. The standard InChI is InChI=1S/C23H21N7O3/c1-33-17-7-5-16(6-8-17)30-20-18(4-2-9-24-20)27-19(22(30)32)21(31)28-12-14-29(15-13-28)23-25-10-3-11-26-23/h2-11H,12-15H2,1H3. The zero-order chi connectivity index (χ0) is 22.8. The number of ether oxygens (including phenoxy) is 1. The van der Waals surface area contributed by atoms with E-state index in [9.17, 15) is 9.59 Å². The third kappa shape index (κ3) is 3.86. The molecule has 0 atom stereocenters. The van der Waals surface area contributed by atoms with Crippen molar-refractivity contribution in [2.24, 2.45) is 0 Å². The van der Waals surface area contributed by atoms with Crippen molar-refractivity contribution in [2.75, 3.05) is 38.2 Å². The van der Waals surface area contributed by atoms with Crippen LogP contribution in [0.15, 0.2) is 65.8 Å². The Morgan fingerprint density at radius 2 is 1.61 bits per heavy atom. The number of pyridine rings is 1. The van der Waals surface area contributed by atoms with Gasteiger partial charge in [-0.15, -0.1) is 0 Å². The van der Waals surface area contributed by atoms with Gasteiger partial charge in [-0.2, -0.15) is 0 Å². The lowest BCUT2D eigenvalue weighted by molar-refractivity contribution is 0.0738. The maximum atomic E-state index is 13.5. The summed E-state index contributed by atoms with van der Waals surface area (Å²) in [4.78, 5) is 47.7. The fourth-order valence-corrected chi connectivity index (χ4v) is 3.84. The number of carbonyl (C=O) groups is 1. The summed E-state index contributed by atoms with van der Waals surface area (Å²) in [5.41, 5.74) is 0.788. The van der Waals surface area contributed by atoms with E-state index in [-0.39, 0.29) is 5.69 Å². The number of carbonyl (C=O) groups excluding carboxylic acids is 1. The van der Waals surface area contributed by atoms with Crippen LogP contribution in [0.1, 0.15) is 10.5 Å². The molecule has 0 N–H and O–H groups in total. The van der Waals surface area contributed by atoms with E-state index < -0.39 is 11.5 Å². The van der Waals surface area contributed by atoms with Crippen LogP contribution < -0.4 is 15.2 Å². The van der Waals surface area contributed by atoms with Crippen LogP contribution in [0.2, 0.25) is 0 Å². The molecule has 1 aromatic carbocycles. The number of piperazine rings is 1. The fourth-order valence-electron chi connectivity index (χ4n) is 3.84. The molecule has 1 fully saturated rings. The first-order chi connectivity index (χ1) is 16.2. The quantitative estimate of drug-likeness (QED) is 0.468. The summed E-state index contributed by atoms with van der Waals surface area (Å²) in [6.45, 7) is 2.01. The summed E-state index contributed by atoms with van der Waals surface area (Å²) in [6, 6.07) is 12.2. The van der Waals surface area contributed by atoms with Crippen molar-refractivity contribution in [1.29, 1.82) is 0 Å². The first-order valence-electron chi connectivity index (χ1n) is 10.5. The van der Waals surface area contributed by atoms with Crippen LogP contribution >= 0.6 is 0 Å². The van der Waals surface area contributed by atoms with E-state index in [0.717, 1.165) is 0 Å². The maximum Gasteiger partial charge on any atom is 0.288 e. The Hall–Kier alpha value is -4.34. The first-order valence-corrected chi connectivity index (χ1v) is 10.5. The molecular formula is C23H21N7O3. The third-order valence-corrected chi connectivity index (χ3v) is 5.55. The fraction of sp³-hybridized carbons (Fsp3) is 0.217. The molecule has 0 spiro atoms. The van der Waals surface area contributed by atoms with Gasteiger partial charge in [0, 0.05) is 44.8 Å². The Bertz CT molecular complexity index is 1350. The van der Waals surface area contributed by atoms with Crippen molar-refractivity contribution in [3.8, 4) is 11.4 Å². The number of nitrogens with zero attached hydrogens (tertiary/aromatic N) is 7. The van der Waals surface area contributed by atoms with Crippen LogP contribution in [0.5, 0.6) is 5.75 Å². The van der Waals surface area contributed by atoms with E-state index in [1.807, 2.05) is 4.90 Å². The number of benzene rings is 1. The van der Waals surface area contributed by atoms with E-state index in [1.165, 1.54) is 4.57 Å². The third-order valence-electron chi connectivity index (χ3n) is 5.55. The maximum absolute atomic E-state index is 13.5. The molecule has 0 unspecified atom stereocenters. The molecule has 0 bridgehead atoms. The van der Waals surface area contributed by atoms with Gasteiger partial charge in [0.2, 0.25) is 5.95 Å². The van der Waals surface area contributed by atoms with E-state index >= 15 is 0 Å². The lowest BCUT2D eigenvalue weighted by Crippen LogP contribution is -2.50. The van der Waals surface area contributed by atoms with E-state index in [1.54, 1.807) is 73.1 Å². The highest BCUT2D eigenvalue weighted by Crippen LogP contribution is 2.18. The van der Waals surface area contributed by atoms with Crippen molar-refractivity contribution < 1.29 is 9.53 Å². The molecule has 0 aliphatic carbocycles. The molecule has 33 heavy (non-hydrogen) atoms. The van der Waals surface area contributed by atoms with Gasteiger partial charge >= 0.3 is 0 Å². The molecule has 10 heteroatoms. The molecule has 5 rings (SSSR count). The number of rotatable bonds is 4. The van der Waals surface area contributed by atoms with Crippen molar-refractivity contribution in [1.82, 2.24) is 29.4 Å². The summed E-state index contributed by atoms with van der Waals surface area (Å²) in [7, 11) is 1.57. The topological polar surface area (TPSA) is 106 Å².